The van der Waals surface area contributed by atoms with Gasteiger partial charge in [-0.15, -0.1) is 0 Å². The molecule has 0 aromatic heterocycles. The van der Waals surface area contributed by atoms with Gasteiger partial charge < -0.3 is 4.43 Å². The fourth-order valence-electron chi connectivity index (χ4n) is 2.23. The Kier molecular flexibility index (Phi) is 6.34. The standard InChI is InChI=1S/C15H26OSi/c1-4-7-11-14-17(5-2,6-3)16-15-12-9-8-10-13-15/h8-10,12-13H,4-7,11,14H2,1-3H3. The Hall–Kier alpha value is -0.763. The second-order valence-electron chi connectivity index (χ2n) is 4.76. The molecular formula is C15H26OSi. The highest BCUT2D eigenvalue weighted by atomic mass is 28.4. The minimum atomic E-state index is -1.52. The highest BCUT2D eigenvalue weighted by Gasteiger charge is 2.32. The van der Waals surface area contributed by atoms with E-state index in [2.05, 4.69) is 45.0 Å². The molecule has 0 heterocycles. The summed E-state index contributed by atoms with van der Waals surface area (Å²) in [5, 5.41) is 0. The van der Waals surface area contributed by atoms with Gasteiger partial charge in [-0.1, -0.05) is 58.2 Å². The van der Waals surface area contributed by atoms with Crippen molar-refractivity contribution in [2.75, 3.05) is 0 Å². The van der Waals surface area contributed by atoms with E-state index in [0.29, 0.717) is 0 Å². The van der Waals surface area contributed by atoms with Crippen LogP contribution in [0.4, 0.5) is 0 Å². The first-order valence-electron chi connectivity index (χ1n) is 7.00. The van der Waals surface area contributed by atoms with E-state index in [4.69, 9.17) is 4.43 Å². The second kappa shape index (κ2) is 7.54. The molecule has 0 radical (unpaired) electrons. The summed E-state index contributed by atoms with van der Waals surface area (Å²) in [6, 6.07) is 14.1. The van der Waals surface area contributed by atoms with Crippen molar-refractivity contribution >= 4 is 8.32 Å². The minimum Gasteiger partial charge on any atom is -0.543 e. The molecule has 17 heavy (non-hydrogen) atoms. The molecule has 0 saturated carbocycles. The summed E-state index contributed by atoms with van der Waals surface area (Å²) in [5.74, 6) is 1.07. The van der Waals surface area contributed by atoms with E-state index in [-0.39, 0.29) is 0 Å². The third-order valence-corrected chi connectivity index (χ3v) is 8.11. The van der Waals surface area contributed by atoms with Crippen molar-refractivity contribution in [3.8, 4) is 5.75 Å². The predicted octanol–water partition coefficient (Wildman–Crippen LogP) is 5.24. The Bertz CT molecular complexity index is 293. The fraction of sp³-hybridized carbons (Fsp3) is 0.600. The third kappa shape index (κ3) is 4.54. The van der Waals surface area contributed by atoms with E-state index in [1.165, 1.54) is 37.4 Å². The monoisotopic (exact) mass is 250 g/mol. The van der Waals surface area contributed by atoms with Crippen LogP contribution in [0.2, 0.25) is 18.1 Å². The van der Waals surface area contributed by atoms with Crippen LogP contribution >= 0.6 is 0 Å². The topological polar surface area (TPSA) is 9.23 Å². The molecule has 1 nitrogen and oxygen atoms in total. The van der Waals surface area contributed by atoms with Crippen LogP contribution in [0.15, 0.2) is 30.3 Å². The van der Waals surface area contributed by atoms with E-state index in [9.17, 15) is 0 Å². The zero-order valence-electron chi connectivity index (χ0n) is 11.5. The lowest BCUT2D eigenvalue weighted by Crippen LogP contribution is -2.40. The first-order chi connectivity index (χ1) is 8.26. The average molecular weight is 250 g/mol. The van der Waals surface area contributed by atoms with Crippen molar-refractivity contribution in [1.82, 2.24) is 0 Å². The minimum absolute atomic E-state index is 1.07. The molecule has 0 fully saturated rings. The number of rotatable bonds is 8. The van der Waals surface area contributed by atoms with Crippen molar-refractivity contribution in [2.24, 2.45) is 0 Å². The number of unbranched alkanes of at least 4 members (excludes halogenated alkanes) is 2. The van der Waals surface area contributed by atoms with E-state index >= 15 is 0 Å². The first kappa shape index (κ1) is 14.3. The Morgan fingerprint density at radius 1 is 0.941 bits per heavy atom. The van der Waals surface area contributed by atoms with Gasteiger partial charge in [-0.2, -0.15) is 0 Å². The van der Waals surface area contributed by atoms with Gasteiger partial charge in [-0.05, 0) is 30.3 Å². The van der Waals surface area contributed by atoms with Gasteiger partial charge in [0.25, 0.3) is 8.32 Å². The molecule has 1 aromatic carbocycles. The van der Waals surface area contributed by atoms with Crippen molar-refractivity contribution in [1.29, 1.82) is 0 Å². The quantitative estimate of drug-likeness (QED) is 0.453. The summed E-state index contributed by atoms with van der Waals surface area (Å²) in [5.41, 5.74) is 0. The molecular weight excluding hydrogens is 224 g/mol. The van der Waals surface area contributed by atoms with Gasteiger partial charge in [0.2, 0.25) is 0 Å². The molecule has 96 valence electrons. The summed E-state index contributed by atoms with van der Waals surface area (Å²) in [4.78, 5) is 0. The lowest BCUT2D eigenvalue weighted by Gasteiger charge is -2.30. The normalized spacial score (nSPS) is 11.5. The van der Waals surface area contributed by atoms with Gasteiger partial charge in [-0.25, -0.2) is 0 Å². The van der Waals surface area contributed by atoms with Crippen LogP contribution in [-0.2, 0) is 0 Å². The zero-order valence-corrected chi connectivity index (χ0v) is 12.5. The van der Waals surface area contributed by atoms with Gasteiger partial charge >= 0.3 is 0 Å². The maximum atomic E-state index is 6.39. The Labute approximate surface area is 107 Å². The molecule has 0 aliphatic rings. The van der Waals surface area contributed by atoms with E-state index in [0.717, 1.165) is 5.75 Å². The number of hydrogen-bond acceptors (Lipinski definition) is 1. The Morgan fingerprint density at radius 3 is 2.12 bits per heavy atom. The Balaban J connectivity index is 2.63. The molecule has 0 unspecified atom stereocenters. The zero-order chi connectivity index (χ0) is 12.6. The molecule has 1 aromatic rings. The van der Waals surface area contributed by atoms with Gasteiger partial charge in [-0.3, -0.25) is 0 Å². The second-order valence-corrected chi connectivity index (χ2v) is 9.25. The SMILES string of the molecule is CCCCC[Si](CC)(CC)Oc1ccccc1. The van der Waals surface area contributed by atoms with Crippen LogP contribution in [0, 0.1) is 0 Å². The maximum Gasteiger partial charge on any atom is 0.250 e. The molecule has 0 bridgehead atoms. The third-order valence-electron chi connectivity index (χ3n) is 3.60. The average Bonchev–Trinajstić information content (AvgIpc) is 2.39. The molecule has 0 spiro atoms. The number of benzene rings is 1. The first-order valence-corrected chi connectivity index (χ1v) is 9.53. The largest absolute Gasteiger partial charge is 0.543 e. The molecule has 0 aliphatic heterocycles. The summed E-state index contributed by atoms with van der Waals surface area (Å²) >= 11 is 0. The van der Waals surface area contributed by atoms with Gasteiger partial charge in [0.05, 0.1) is 0 Å². The van der Waals surface area contributed by atoms with Crippen molar-refractivity contribution in [3.05, 3.63) is 30.3 Å². The molecule has 0 aliphatic carbocycles. The molecule has 0 N–H and O–H groups in total. The molecule has 0 amide bonds. The lowest BCUT2D eigenvalue weighted by atomic mass is 10.3. The summed E-state index contributed by atoms with van der Waals surface area (Å²) in [7, 11) is -1.52. The molecule has 0 atom stereocenters. The van der Waals surface area contributed by atoms with Crippen LogP contribution in [0.3, 0.4) is 0 Å². The number of para-hydroxylation sites is 1. The molecule has 2 heteroatoms. The predicted molar refractivity (Wildman–Crippen MR) is 78.1 cm³/mol. The smallest absolute Gasteiger partial charge is 0.250 e. The fourth-order valence-corrected chi connectivity index (χ4v) is 5.36. The van der Waals surface area contributed by atoms with Crippen molar-refractivity contribution in [3.63, 3.8) is 0 Å². The van der Waals surface area contributed by atoms with E-state index < -0.39 is 8.32 Å². The molecule has 0 saturated heterocycles. The van der Waals surface area contributed by atoms with Crippen LogP contribution in [0.25, 0.3) is 0 Å². The van der Waals surface area contributed by atoms with Crippen LogP contribution < -0.4 is 4.43 Å². The maximum absolute atomic E-state index is 6.39. The van der Waals surface area contributed by atoms with Crippen LogP contribution in [0.5, 0.6) is 5.75 Å². The van der Waals surface area contributed by atoms with Crippen molar-refractivity contribution in [2.45, 2.75) is 58.2 Å². The van der Waals surface area contributed by atoms with Gasteiger partial charge in [0, 0.05) is 0 Å². The Morgan fingerprint density at radius 2 is 1.59 bits per heavy atom. The van der Waals surface area contributed by atoms with E-state index in [1.807, 2.05) is 6.07 Å². The molecule has 1 rings (SSSR count). The van der Waals surface area contributed by atoms with Crippen molar-refractivity contribution < 1.29 is 4.43 Å². The van der Waals surface area contributed by atoms with Gasteiger partial charge in [0.15, 0.2) is 0 Å². The van der Waals surface area contributed by atoms with Crippen LogP contribution in [0.1, 0.15) is 40.0 Å². The van der Waals surface area contributed by atoms with E-state index in [1.54, 1.807) is 0 Å². The number of hydrogen-bond donors (Lipinski definition) is 0. The summed E-state index contributed by atoms with van der Waals surface area (Å²) in [6.07, 6.45) is 3.97. The summed E-state index contributed by atoms with van der Waals surface area (Å²) in [6.45, 7) is 6.86. The lowest BCUT2D eigenvalue weighted by molar-refractivity contribution is 0.523. The highest BCUT2D eigenvalue weighted by Crippen LogP contribution is 2.27. The van der Waals surface area contributed by atoms with Crippen LogP contribution in [-0.4, -0.2) is 8.32 Å². The van der Waals surface area contributed by atoms with Gasteiger partial charge in [0.1, 0.15) is 5.75 Å². The summed E-state index contributed by atoms with van der Waals surface area (Å²) < 4.78 is 6.39. The highest BCUT2D eigenvalue weighted by molar-refractivity contribution is 6.74.